The van der Waals surface area contributed by atoms with E-state index >= 15 is 8.78 Å². The number of amides is 2. The number of piperazine rings is 1. The van der Waals surface area contributed by atoms with Crippen molar-refractivity contribution in [2.45, 2.75) is 37.6 Å². The van der Waals surface area contributed by atoms with E-state index in [1.165, 1.54) is 31.3 Å². The summed E-state index contributed by atoms with van der Waals surface area (Å²) >= 11 is 0. The molecule has 3 heterocycles. The van der Waals surface area contributed by atoms with Crippen LogP contribution >= 0.6 is 0 Å². The van der Waals surface area contributed by atoms with Crippen LogP contribution in [0.1, 0.15) is 32.3 Å². The van der Waals surface area contributed by atoms with E-state index in [9.17, 15) is 22.8 Å². The first-order chi connectivity index (χ1) is 22.7. The lowest BCUT2D eigenvalue weighted by Gasteiger charge is -2.40. The van der Waals surface area contributed by atoms with Gasteiger partial charge in [-0.25, -0.2) is 36.3 Å². The predicted molar refractivity (Wildman–Crippen MR) is 176 cm³/mol. The molecule has 0 aliphatic carbocycles. The molecular weight excluding hydrogens is 646 g/mol. The summed E-state index contributed by atoms with van der Waals surface area (Å²) in [6.07, 6.45) is 1.25. The van der Waals surface area contributed by atoms with Gasteiger partial charge in [0.05, 0.1) is 21.5 Å². The maximum absolute atomic E-state index is 16.3. The number of nitrogens with zero attached hydrogens (tertiary/aromatic N) is 5. The summed E-state index contributed by atoms with van der Waals surface area (Å²) in [6, 6.07) is 8.75. The second kappa shape index (κ2) is 13.1. The summed E-state index contributed by atoms with van der Waals surface area (Å²) in [5, 5.41) is 2.27. The van der Waals surface area contributed by atoms with Crippen molar-refractivity contribution in [3.8, 4) is 22.7 Å². The Balaban J connectivity index is 1.90. The minimum absolute atomic E-state index is 0.0225. The van der Waals surface area contributed by atoms with Crippen LogP contribution in [0.3, 0.4) is 0 Å². The lowest BCUT2D eigenvalue weighted by Crippen LogP contribution is -2.54. The van der Waals surface area contributed by atoms with Gasteiger partial charge in [0, 0.05) is 39.0 Å². The molecule has 15 heteroatoms. The molecule has 12 nitrogen and oxygen atoms in total. The maximum atomic E-state index is 16.3. The predicted octanol–water partition coefficient (Wildman–Crippen LogP) is 4.19. The van der Waals surface area contributed by atoms with Crippen molar-refractivity contribution in [3.05, 3.63) is 82.8 Å². The molecule has 0 saturated carbocycles. The van der Waals surface area contributed by atoms with Crippen LogP contribution in [0.25, 0.3) is 28.0 Å². The van der Waals surface area contributed by atoms with Gasteiger partial charge in [-0.2, -0.15) is 4.98 Å². The molecule has 2 amide bonds. The summed E-state index contributed by atoms with van der Waals surface area (Å²) in [7, 11) is -2.65. The highest BCUT2D eigenvalue weighted by Crippen LogP contribution is 2.38. The van der Waals surface area contributed by atoms with E-state index in [4.69, 9.17) is 4.74 Å². The molecule has 2 aromatic carbocycles. The van der Waals surface area contributed by atoms with Crippen molar-refractivity contribution in [3.63, 3.8) is 0 Å². The number of fused-ring (bicyclic) bond motifs is 1. The number of hydrogen-bond acceptors (Lipinski definition) is 9. The summed E-state index contributed by atoms with van der Waals surface area (Å²) < 4.78 is 64.2. The third-order valence-electron chi connectivity index (χ3n) is 8.08. The number of anilines is 1. The lowest BCUT2D eigenvalue weighted by molar-refractivity contribution is -0.126. The van der Waals surface area contributed by atoms with Crippen molar-refractivity contribution in [1.82, 2.24) is 24.8 Å². The highest BCUT2D eigenvalue weighted by atomic mass is 32.2. The van der Waals surface area contributed by atoms with Crippen LogP contribution < -0.4 is 20.6 Å². The molecule has 48 heavy (non-hydrogen) atoms. The van der Waals surface area contributed by atoms with E-state index in [1.54, 1.807) is 28.9 Å². The fourth-order valence-electron chi connectivity index (χ4n) is 5.82. The Morgan fingerprint density at radius 1 is 1.10 bits per heavy atom. The monoisotopic (exact) mass is 680 g/mol. The number of nitrogens with one attached hydrogen (secondary N) is 1. The second-order valence-corrected chi connectivity index (χ2v) is 13.6. The SMILES string of the molecule is C=CC(=O)N1CCN(c2nc(=O)n(-c3c(C(C)C)cccc3S(C)(=O)=O)c3nc(-c4c(F)cccc4OC(=O)NC)c(F)cc23)[C@@H](C)C1. The first kappa shape index (κ1) is 34.2. The maximum Gasteiger partial charge on any atom is 0.412 e. The largest absolute Gasteiger partial charge is 0.412 e. The number of rotatable bonds is 7. The zero-order valence-corrected chi connectivity index (χ0v) is 27.8. The number of para-hydroxylation sites is 1. The minimum Gasteiger partial charge on any atom is -0.410 e. The molecular formula is C33H34F2N6O6S. The van der Waals surface area contributed by atoms with E-state index < -0.39 is 50.6 Å². The van der Waals surface area contributed by atoms with Gasteiger partial charge in [-0.15, -0.1) is 0 Å². The Morgan fingerprint density at radius 3 is 2.44 bits per heavy atom. The Morgan fingerprint density at radius 2 is 1.81 bits per heavy atom. The Hall–Kier alpha value is -5.18. The number of halogens is 2. The summed E-state index contributed by atoms with van der Waals surface area (Å²) in [4.78, 5) is 50.6. The van der Waals surface area contributed by atoms with Gasteiger partial charge in [-0.1, -0.05) is 38.6 Å². The molecule has 1 aliphatic heterocycles. The van der Waals surface area contributed by atoms with Crippen LogP contribution in [-0.4, -0.2) is 78.8 Å². The third kappa shape index (κ3) is 6.24. The van der Waals surface area contributed by atoms with E-state index in [0.29, 0.717) is 5.56 Å². The fraction of sp³-hybridized carbons (Fsp3) is 0.303. The summed E-state index contributed by atoms with van der Waals surface area (Å²) in [5.74, 6) is -2.87. The van der Waals surface area contributed by atoms with E-state index in [2.05, 4.69) is 21.9 Å². The fourth-order valence-corrected chi connectivity index (χ4v) is 6.70. The highest BCUT2D eigenvalue weighted by Gasteiger charge is 2.32. The molecule has 1 atom stereocenters. The lowest BCUT2D eigenvalue weighted by atomic mass is 10.0. The number of sulfone groups is 1. The van der Waals surface area contributed by atoms with Crippen LogP contribution in [0.5, 0.6) is 5.75 Å². The van der Waals surface area contributed by atoms with Crippen molar-refractivity contribution < 1.29 is 31.5 Å². The number of ether oxygens (including phenoxy) is 1. The smallest absolute Gasteiger partial charge is 0.410 e. The zero-order valence-electron chi connectivity index (χ0n) is 27.0. The molecule has 0 bridgehead atoms. The third-order valence-corrected chi connectivity index (χ3v) is 9.21. The number of pyridine rings is 1. The van der Waals surface area contributed by atoms with Gasteiger partial charge in [0.25, 0.3) is 0 Å². The van der Waals surface area contributed by atoms with Crippen molar-refractivity contribution in [2.24, 2.45) is 0 Å². The minimum atomic E-state index is -3.95. The summed E-state index contributed by atoms with van der Waals surface area (Å²) in [5.41, 5.74) is -1.80. The number of carbonyl (C=O) groups is 2. The average Bonchev–Trinajstić information content (AvgIpc) is 3.03. The molecule has 0 radical (unpaired) electrons. The van der Waals surface area contributed by atoms with E-state index in [1.807, 2.05) is 13.8 Å². The molecule has 0 spiro atoms. The van der Waals surface area contributed by atoms with Gasteiger partial charge < -0.3 is 19.9 Å². The molecule has 0 unspecified atom stereocenters. The standard InChI is InChI=1S/C33H34F2N6O6S/c1-7-26(42)39-14-15-40(19(4)17-39)30-21-16-23(35)28(27-22(34)11-9-12-24(27)47-33(44)36-5)37-31(21)41(32(43)38-30)29-20(18(2)3)10-8-13-25(29)48(6,45)46/h7-13,16,18-19H,1,14-15,17H2,2-6H3,(H,36,44)/t19-/m0/s1. The molecule has 1 N–H and O–H groups in total. The second-order valence-electron chi connectivity index (χ2n) is 11.6. The van der Waals surface area contributed by atoms with Crippen molar-refractivity contribution in [2.75, 3.05) is 37.8 Å². The van der Waals surface area contributed by atoms with Gasteiger partial charge in [-0.05, 0) is 48.7 Å². The van der Waals surface area contributed by atoms with Gasteiger partial charge in [-0.3, -0.25) is 4.79 Å². The molecule has 1 aliphatic rings. The Labute approximate surface area is 275 Å². The molecule has 252 valence electrons. The zero-order chi connectivity index (χ0) is 35.1. The van der Waals surface area contributed by atoms with Crippen LogP contribution in [0.2, 0.25) is 0 Å². The van der Waals surface area contributed by atoms with Crippen LogP contribution in [0.15, 0.2) is 64.8 Å². The van der Waals surface area contributed by atoms with Crippen LogP contribution in [0, 0.1) is 11.6 Å². The molecule has 2 aromatic heterocycles. The normalized spacial score (nSPS) is 15.1. The topological polar surface area (TPSA) is 144 Å². The van der Waals surface area contributed by atoms with E-state index in [-0.39, 0.29) is 64.6 Å². The van der Waals surface area contributed by atoms with Gasteiger partial charge in [0.2, 0.25) is 5.91 Å². The van der Waals surface area contributed by atoms with E-state index in [0.717, 1.165) is 23.0 Å². The first-order valence-corrected chi connectivity index (χ1v) is 16.9. The van der Waals surface area contributed by atoms with Gasteiger partial charge >= 0.3 is 11.8 Å². The van der Waals surface area contributed by atoms with Crippen molar-refractivity contribution in [1.29, 1.82) is 0 Å². The summed E-state index contributed by atoms with van der Waals surface area (Å²) in [6.45, 7) is 9.67. The number of carbonyl (C=O) groups excluding carboxylic acids is 2. The van der Waals surface area contributed by atoms with Crippen LogP contribution in [0.4, 0.5) is 19.4 Å². The van der Waals surface area contributed by atoms with Gasteiger partial charge in [0.1, 0.15) is 23.1 Å². The Bertz CT molecular complexity index is 2140. The number of aromatic nitrogens is 3. The average molecular weight is 681 g/mol. The molecule has 5 rings (SSSR count). The molecule has 1 saturated heterocycles. The number of benzene rings is 2. The Kier molecular flexibility index (Phi) is 9.35. The number of hydrogen-bond donors (Lipinski definition) is 1. The van der Waals surface area contributed by atoms with Crippen LogP contribution in [-0.2, 0) is 14.6 Å². The molecule has 1 fully saturated rings. The first-order valence-electron chi connectivity index (χ1n) is 15.0. The van der Waals surface area contributed by atoms with Gasteiger partial charge in [0.15, 0.2) is 21.3 Å². The quantitative estimate of drug-likeness (QED) is 0.284. The highest BCUT2D eigenvalue weighted by molar-refractivity contribution is 7.90. The molecule has 4 aromatic rings. The van der Waals surface area contributed by atoms with Crippen molar-refractivity contribution >= 4 is 38.7 Å².